The molecule has 0 fully saturated rings. The third-order valence-electron chi connectivity index (χ3n) is 3.93. The number of benzene rings is 2. The molecule has 0 aliphatic heterocycles. The SMILES string of the molecule is CCCCCNC(=O)C(C)Nc1ccc(Oc2ccc(C#N)cc2)cc1. The predicted molar refractivity (Wildman–Crippen MR) is 103 cm³/mol. The van der Waals surface area contributed by atoms with Gasteiger partial charge >= 0.3 is 0 Å². The van der Waals surface area contributed by atoms with E-state index >= 15 is 0 Å². The zero-order chi connectivity index (χ0) is 18.8. The number of nitrogens with one attached hydrogen (secondary N) is 2. The average Bonchev–Trinajstić information content (AvgIpc) is 2.67. The van der Waals surface area contributed by atoms with Crippen molar-refractivity contribution in [1.29, 1.82) is 5.26 Å². The number of rotatable bonds is 9. The Hall–Kier alpha value is -3.00. The number of unbranched alkanes of at least 4 members (excludes halogenated alkanes) is 2. The summed E-state index contributed by atoms with van der Waals surface area (Å²) in [4.78, 5) is 12.0. The van der Waals surface area contributed by atoms with E-state index in [0.29, 0.717) is 17.1 Å². The third-order valence-corrected chi connectivity index (χ3v) is 3.93. The van der Waals surface area contributed by atoms with Crippen molar-refractivity contribution < 1.29 is 9.53 Å². The van der Waals surface area contributed by atoms with Crippen LogP contribution >= 0.6 is 0 Å². The smallest absolute Gasteiger partial charge is 0.242 e. The number of carbonyl (C=O) groups is 1. The molecule has 0 radical (unpaired) electrons. The third kappa shape index (κ3) is 6.14. The number of carbonyl (C=O) groups excluding carboxylic acids is 1. The number of hydrogen-bond donors (Lipinski definition) is 2. The van der Waals surface area contributed by atoms with E-state index in [0.717, 1.165) is 31.5 Å². The summed E-state index contributed by atoms with van der Waals surface area (Å²) in [6, 6.07) is 16.1. The van der Waals surface area contributed by atoms with E-state index in [1.165, 1.54) is 0 Å². The van der Waals surface area contributed by atoms with Gasteiger partial charge in [0.05, 0.1) is 11.6 Å². The molecule has 26 heavy (non-hydrogen) atoms. The maximum atomic E-state index is 12.0. The van der Waals surface area contributed by atoms with Crippen molar-refractivity contribution in [2.45, 2.75) is 39.2 Å². The van der Waals surface area contributed by atoms with E-state index < -0.39 is 0 Å². The first-order chi connectivity index (χ1) is 12.6. The summed E-state index contributed by atoms with van der Waals surface area (Å²) in [6.07, 6.45) is 3.28. The number of ether oxygens (including phenoxy) is 1. The molecule has 1 amide bonds. The predicted octanol–water partition coefficient (Wildman–Crippen LogP) is 4.46. The van der Waals surface area contributed by atoms with E-state index in [-0.39, 0.29) is 11.9 Å². The van der Waals surface area contributed by atoms with Crippen LogP contribution in [0.5, 0.6) is 11.5 Å². The van der Waals surface area contributed by atoms with Crippen molar-refractivity contribution in [3.8, 4) is 17.6 Å². The van der Waals surface area contributed by atoms with Crippen molar-refractivity contribution in [2.24, 2.45) is 0 Å². The van der Waals surface area contributed by atoms with Crippen LogP contribution in [-0.4, -0.2) is 18.5 Å². The maximum absolute atomic E-state index is 12.0. The Kier molecular flexibility index (Phi) is 7.50. The Morgan fingerprint density at radius 1 is 1.08 bits per heavy atom. The minimum atomic E-state index is -0.304. The van der Waals surface area contributed by atoms with E-state index in [1.807, 2.05) is 31.2 Å². The molecular formula is C21H25N3O2. The molecule has 1 unspecified atom stereocenters. The van der Waals surface area contributed by atoms with Crippen molar-refractivity contribution >= 4 is 11.6 Å². The molecule has 0 aliphatic carbocycles. The van der Waals surface area contributed by atoms with Crippen LogP contribution in [0.25, 0.3) is 0 Å². The summed E-state index contributed by atoms with van der Waals surface area (Å²) in [5.74, 6) is 1.36. The summed E-state index contributed by atoms with van der Waals surface area (Å²) in [5.41, 5.74) is 1.45. The Labute approximate surface area is 155 Å². The summed E-state index contributed by atoms with van der Waals surface area (Å²) in [5, 5.41) is 14.9. The van der Waals surface area contributed by atoms with Crippen LogP contribution in [0, 0.1) is 11.3 Å². The zero-order valence-corrected chi connectivity index (χ0v) is 15.3. The average molecular weight is 351 g/mol. The number of hydrogen-bond acceptors (Lipinski definition) is 4. The lowest BCUT2D eigenvalue weighted by molar-refractivity contribution is -0.121. The van der Waals surface area contributed by atoms with Gasteiger partial charge in [-0.3, -0.25) is 4.79 Å². The van der Waals surface area contributed by atoms with Gasteiger partial charge in [0.15, 0.2) is 0 Å². The number of anilines is 1. The lowest BCUT2D eigenvalue weighted by Crippen LogP contribution is -2.37. The molecule has 0 saturated carbocycles. The fourth-order valence-corrected chi connectivity index (χ4v) is 2.41. The second kappa shape index (κ2) is 10.1. The maximum Gasteiger partial charge on any atom is 0.242 e. The number of nitriles is 1. The number of nitrogens with zero attached hydrogens (tertiary/aromatic N) is 1. The summed E-state index contributed by atoms with van der Waals surface area (Å²) < 4.78 is 5.74. The Morgan fingerprint density at radius 3 is 2.27 bits per heavy atom. The van der Waals surface area contributed by atoms with Crippen molar-refractivity contribution in [2.75, 3.05) is 11.9 Å². The first-order valence-corrected chi connectivity index (χ1v) is 8.94. The van der Waals surface area contributed by atoms with Gasteiger partial charge in [0.1, 0.15) is 17.5 Å². The Bertz CT molecular complexity index is 733. The van der Waals surface area contributed by atoms with Crippen LogP contribution in [0.15, 0.2) is 48.5 Å². The zero-order valence-electron chi connectivity index (χ0n) is 15.3. The monoisotopic (exact) mass is 351 g/mol. The fourth-order valence-electron chi connectivity index (χ4n) is 2.41. The largest absolute Gasteiger partial charge is 0.457 e. The topological polar surface area (TPSA) is 74.2 Å². The second-order valence-electron chi connectivity index (χ2n) is 6.13. The minimum Gasteiger partial charge on any atom is -0.457 e. The Morgan fingerprint density at radius 2 is 1.69 bits per heavy atom. The van der Waals surface area contributed by atoms with Crippen LogP contribution in [0.4, 0.5) is 5.69 Å². The second-order valence-corrected chi connectivity index (χ2v) is 6.13. The van der Waals surface area contributed by atoms with Crippen LogP contribution < -0.4 is 15.4 Å². The van der Waals surface area contributed by atoms with Gasteiger partial charge in [-0.2, -0.15) is 5.26 Å². The van der Waals surface area contributed by atoms with Crippen LogP contribution in [0.2, 0.25) is 0 Å². The number of amides is 1. The molecule has 2 aromatic rings. The molecule has 5 heteroatoms. The highest BCUT2D eigenvalue weighted by atomic mass is 16.5. The Balaban J connectivity index is 1.84. The van der Waals surface area contributed by atoms with E-state index in [1.54, 1.807) is 24.3 Å². The van der Waals surface area contributed by atoms with Crippen LogP contribution in [0.3, 0.4) is 0 Å². The lowest BCUT2D eigenvalue weighted by Gasteiger charge is -2.15. The van der Waals surface area contributed by atoms with Crippen molar-refractivity contribution in [3.05, 3.63) is 54.1 Å². The molecule has 5 nitrogen and oxygen atoms in total. The summed E-state index contributed by atoms with van der Waals surface area (Å²) in [6.45, 7) is 4.70. The molecule has 136 valence electrons. The fraction of sp³-hybridized carbons (Fsp3) is 0.333. The molecule has 0 bridgehead atoms. The summed E-state index contributed by atoms with van der Waals surface area (Å²) in [7, 11) is 0. The molecule has 2 rings (SSSR count). The van der Waals surface area contributed by atoms with E-state index in [2.05, 4.69) is 23.6 Å². The van der Waals surface area contributed by atoms with Gasteiger partial charge < -0.3 is 15.4 Å². The van der Waals surface area contributed by atoms with Crippen molar-refractivity contribution in [3.63, 3.8) is 0 Å². The molecule has 0 saturated heterocycles. The minimum absolute atomic E-state index is 0.000915. The first-order valence-electron chi connectivity index (χ1n) is 8.94. The van der Waals surface area contributed by atoms with E-state index in [9.17, 15) is 4.79 Å². The normalized spacial score (nSPS) is 11.3. The van der Waals surface area contributed by atoms with Gasteiger partial charge in [0.25, 0.3) is 0 Å². The molecule has 2 aromatic carbocycles. The molecule has 1 atom stereocenters. The molecule has 0 heterocycles. The first kappa shape index (κ1) is 19.3. The van der Waals surface area contributed by atoms with Crippen LogP contribution in [0.1, 0.15) is 38.7 Å². The van der Waals surface area contributed by atoms with E-state index in [4.69, 9.17) is 10.00 Å². The van der Waals surface area contributed by atoms with Gasteiger partial charge in [0.2, 0.25) is 5.91 Å². The van der Waals surface area contributed by atoms with Crippen molar-refractivity contribution in [1.82, 2.24) is 5.32 Å². The van der Waals surface area contributed by atoms with Gasteiger partial charge in [-0.15, -0.1) is 0 Å². The van der Waals surface area contributed by atoms with Gasteiger partial charge in [-0.25, -0.2) is 0 Å². The van der Waals surface area contributed by atoms with Gasteiger partial charge in [0, 0.05) is 12.2 Å². The highest BCUT2D eigenvalue weighted by Gasteiger charge is 2.11. The highest BCUT2D eigenvalue weighted by molar-refractivity contribution is 5.84. The highest BCUT2D eigenvalue weighted by Crippen LogP contribution is 2.23. The molecule has 2 N–H and O–H groups in total. The molecule has 0 aliphatic rings. The van der Waals surface area contributed by atoms with Gasteiger partial charge in [-0.05, 0) is 61.9 Å². The summed E-state index contributed by atoms with van der Waals surface area (Å²) >= 11 is 0. The van der Waals surface area contributed by atoms with Crippen LogP contribution in [-0.2, 0) is 4.79 Å². The molecule has 0 aromatic heterocycles. The van der Waals surface area contributed by atoms with Gasteiger partial charge in [-0.1, -0.05) is 19.8 Å². The standard InChI is InChI=1S/C21H25N3O2/c1-3-4-5-14-23-21(25)16(2)24-18-8-12-20(13-9-18)26-19-10-6-17(15-22)7-11-19/h6-13,16,24H,3-5,14H2,1-2H3,(H,23,25). The quantitative estimate of drug-likeness (QED) is 0.654. The molecule has 0 spiro atoms. The molecular weight excluding hydrogens is 326 g/mol. The lowest BCUT2D eigenvalue weighted by atomic mass is 10.2.